The van der Waals surface area contributed by atoms with Crippen LogP contribution in [0.1, 0.15) is 39.3 Å². The summed E-state index contributed by atoms with van der Waals surface area (Å²) in [4.78, 5) is 15.2. The fourth-order valence-corrected chi connectivity index (χ4v) is 2.59. The second kappa shape index (κ2) is 5.72. The SMILES string of the molecule is CCCCc1nc2ccccc2c2c1ncn2OC(C)C. The molecule has 21 heavy (non-hydrogen) atoms. The lowest BCUT2D eigenvalue weighted by atomic mass is 10.1. The van der Waals surface area contributed by atoms with Gasteiger partial charge >= 0.3 is 0 Å². The maximum atomic E-state index is 5.86. The Labute approximate surface area is 124 Å². The number of imidazole rings is 1. The molecule has 3 aromatic rings. The van der Waals surface area contributed by atoms with Gasteiger partial charge in [-0.25, -0.2) is 4.98 Å². The normalized spacial score (nSPS) is 11.6. The predicted octanol–water partition coefficient (Wildman–Crippen LogP) is 3.76. The number of hydrogen-bond acceptors (Lipinski definition) is 3. The highest BCUT2D eigenvalue weighted by Crippen LogP contribution is 2.26. The zero-order valence-corrected chi connectivity index (χ0v) is 12.8. The molecule has 0 spiro atoms. The summed E-state index contributed by atoms with van der Waals surface area (Å²) in [5.74, 6) is 0. The van der Waals surface area contributed by atoms with Crippen molar-refractivity contribution in [2.45, 2.75) is 46.1 Å². The number of benzene rings is 1. The van der Waals surface area contributed by atoms with Gasteiger partial charge in [0.05, 0.1) is 11.2 Å². The van der Waals surface area contributed by atoms with Crippen molar-refractivity contribution in [3.05, 3.63) is 36.3 Å². The molecule has 4 nitrogen and oxygen atoms in total. The van der Waals surface area contributed by atoms with Crippen LogP contribution in [-0.2, 0) is 6.42 Å². The van der Waals surface area contributed by atoms with Crippen LogP contribution in [0.25, 0.3) is 21.9 Å². The molecule has 0 bridgehead atoms. The van der Waals surface area contributed by atoms with Gasteiger partial charge in [0, 0.05) is 5.39 Å². The minimum atomic E-state index is 0.105. The lowest BCUT2D eigenvalue weighted by Gasteiger charge is -2.12. The van der Waals surface area contributed by atoms with Crippen LogP contribution in [0.3, 0.4) is 0 Å². The van der Waals surface area contributed by atoms with E-state index < -0.39 is 0 Å². The maximum Gasteiger partial charge on any atom is 0.133 e. The standard InChI is InChI=1S/C17H21N3O/c1-4-5-9-15-16-17(20(11-18-16)21-12(2)3)13-8-6-7-10-14(13)19-15/h6-8,10-12H,4-5,9H2,1-3H3. The number of nitrogens with zero attached hydrogens (tertiary/aromatic N) is 3. The van der Waals surface area contributed by atoms with Crippen molar-refractivity contribution in [1.29, 1.82) is 0 Å². The van der Waals surface area contributed by atoms with E-state index in [9.17, 15) is 0 Å². The van der Waals surface area contributed by atoms with Gasteiger partial charge in [-0.3, -0.25) is 4.98 Å². The third-order valence-electron chi connectivity index (χ3n) is 3.52. The number of fused-ring (bicyclic) bond motifs is 3. The number of unbranched alkanes of at least 4 members (excludes halogenated alkanes) is 1. The molecule has 0 amide bonds. The van der Waals surface area contributed by atoms with E-state index in [1.807, 2.05) is 26.0 Å². The summed E-state index contributed by atoms with van der Waals surface area (Å²) in [7, 11) is 0. The molecule has 2 aromatic heterocycles. The maximum absolute atomic E-state index is 5.86. The van der Waals surface area contributed by atoms with Crippen molar-refractivity contribution >= 4 is 21.9 Å². The number of para-hydroxylation sites is 1. The van der Waals surface area contributed by atoms with E-state index in [-0.39, 0.29) is 6.10 Å². The molecule has 0 N–H and O–H groups in total. The van der Waals surface area contributed by atoms with Gasteiger partial charge in [-0.05, 0) is 32.8 Å². The first-order valence-corrected chi connectivity index (χ1v) is 7.62. The summed E-state index contributed by atoms with van der Waals surface area (Å²) in [5, 5.41) is 1.09. The van der Waals surface area contributed by atoms with E-state index in [0.717, 1.165) is 46.9 Å². The fraction of sp³-hybridized carbons (Fsp3) is 0.412. The zero-order valence-electron chi connectivity index (χ0n) is 12.8. The first-order chi connectivity index (χ1) is 10.2. The molecule has 4 heteroatoms. The third-order valence-corrected chi connectivity index (χ3v) is 3.52. The molecule has 0 aliphatic carbocycles. The Kier molecular flexibility index (Phi) is 3.78. The Hall–Kier alpha value is -2.10. The lowest BCUT2D eigenvalue weighted by molar-refractivity contribution is 0.0678. The summed E-state index contributed by atoms with van der Waals surface area (Å²) in [5.41, 5.74) is 4.06. The Morgan fingerprint density at radius 3 is 2.81 bits per heavy atom. The van der Waals surface area contributed by atoms with Crippen LogP contribution in [0.4, 0.5) is 0 Å². The summed E-state index contributed by atoms with van der Waals surface area (Å²) < 4.78 is 1.79. The average molecular weight is 283 g/mol. The van der Waals surface area contributed by atoms with Crippen LogP contribution < -0.4 is 4.84 Å². The highest BCUT2D eigenvalue weighted by Gasteiger charge is 2.14. The minimum Gasteiger partial charge on any atom is -0.410 e. The predicted molar refractivity (Wildman–Crippen MR) is 85.4 cm³/mol. The smallest absolute Gasteiger partial charge is 0.133 e. The van der Waals surface area contributed by atoms with Crippen LogP contribution >= 0.6 is 0 Å². The molecule has 2 heterocycles. The van der Waals surface area contributed by atoms with E-state index >= 15 is 0 Å². The molecular formula is C17H21N3O. The molecule has 0 aliphatic rings. The molecule has 0 saturated heterocycles. The second-order valence-corrected chi connectivity index (χ2v) is 5.60. The monoisotopic (exact) mass is 283 g/mol. The molecule has 110 valence electrons. The molecule has 1 aromatic carbocycles. The lowest BCUT2D eigenvalue weighted by Crippen LogP contribution is -2.18. The van der Waals surface area contributed by atoms with Gasteiger partial charge in [-0.1, -0.05) is 31.5 Å². The van der Waals surface area contributed by atoms with Gasteiger partial charge < -0.3 is 4.84 Å². The van der Waals surface area contributed by atoms with E-state index in [0.29, 0.717) is 0 Å². The number of pyridine rings is 1. The third kappa shape index (κ3) is 2.58. The molecule has 3 rings (SSSR count). The van der Waals surface area contributed by atoms with Crippen molar-refractivity contribution in [3.8, 4) is 0 Å². The quantitative estimate of drug-likeness (QED) is 0.715. The van der Waals surface area contributed by atoms with Gasteiger partial charge in [-0.2, -0.15) is 4.73 Å². The summed E-state index contributed by atoms with van der Waals surface area (Å²) in [6, 6.07) is 8.18. The van der Waals surface area contributed by atoms with Crippen LogP contribution in [0.5, 0.6) is 0 Å². The molecule has 0 unspecified atom stereocenters. The average Bonchev–Trinajstić information content (AvgIpc) is 2.88. The summed E-state index contributed by atoms with van der Waals surface area (Å²) in [6.45, 7) is 6.24. The summed E-state index contributed by atoms with van der Waals surface area (Å²) >= 11 is 0. The topological polar surface area (TPSA) is 39.9 Å². The van der Waals surface area contributed by atoms with Gasteiger partial charge in [0.2, 0.25) is 0 Å². The van der Waals surface area contributed by atoms with E-state index in [1.165, 1.54) is 0 Å². The van der Waals surface area contributed by atoms with E-state index in [4.69, 9.17) is 9.82 Å². The Bertz CT molecular complexity index is 761. The molecule has 0 radical (unpaired) electrons. The van der Waals surface area contributed by atoms with Crippen molar-refractivity contribution in [3.63, 3.8) is 0 Å². The summed E-state index contributed by atoms with van der Waals surface area (Å²) in [6.07, 6.45) is 5.09. The highest BCUT2D eigenvalue weighted by atomic mass is 16.7. The van der Waals surface area contributed by atoms with Crippen LogP contribution in [0.15, 0.2) is 30.6 Å². The van der Waals surface area contributed by atoms with Gasteiger partial charge in [0.15, 0.2) is 0 Å². The number of aromatic nitrogens is 3. The second-order valence-electron chi connectivity index (χ2n) is 5.60. The van der Waals surface area contributed by atoms with Crippen LogP contribution in [-0.4, -0.2) is 20.8 Å². The van der Waals surface area contributed by atoms with E-state index in [1.54, 1.807) is 11.1 Å². The largest absolute Gasteiger partial charge is 0.410 e. The van der Waals surface area contributed by atoms with Crippen molar-refractivity contribution < 1.29 is 4.84 Å². The van der Waals surface area contributed by atoms with Crippen molar-refractivity contribution in [1.82, 2.24) is 14.7 Å². The molecule has 0 saturated carbocycles. The van der Waals surface area contributed by atoms with Crippen molar-refractivity contribution in [2.24, 2.45) is 0 Å². The molecule has 0 fully saturated rings. The number of hydrogen-bond donors (Lipinski definition) is 0. The van der Waals surface area contributed by atoms with Gasteiger partial charge in [-0.15, -0.1) is 0 Å². The first kappa shape index (κ1) is 13.9. The van der Waals surface area contributed by atoms with E-state index in [2.05, 4.69) is 24.0 Å². The first-order valence-electron chi connectivity index (χ1n) is 7.62. The number of rotatable bonds is 5. The Morgan fingerprint density at radius 2 is 2.05 bits per heavy atom. The van der Waals surface area contributed by atoms with Crippen LogP contribution in [0.2, 0.25) is 0 Å². The van der Waals surface area contributed by atoms with Crippen LogP contribution in [0, 0.1) is 0 Å². The fourth-order valence-electron chi connectivity index (χ4n) is 2.59. The Morgan fingerprint density at radius 1 is 1.24 bits per heavy atom. The number of aryl methyl sites for hydroxylation is 1. The highest BCUT2D eigenvalue weighted by molar-refractivity contribution is 6.03. The zero-order chi connectivity index (χ0) is 14.8. The van der Waals surface area contributed by atoms with Gasteiger partial charge in [0.1, 0.15) is 23.5 Å². The molecular weight excluding hydrogens is 262 g/mol. The van der Waals surface area contributed by atoms with Gasteiger partial charge in [0.25, 0.3) is 0 Å². The Balaban J connectivity index is 2.25. The molecule has 0 aliphatic heterocycles. The molecule has 0 atom stereocenters. The minimum absolute atomic E-state index is 0.105. The van der Waals surface area contributed by atoms with Crippen molar-refractivity contribution in [2.75, 3.05) is 0 Å².